The van der Waals surface area contributed by atoms with Gasteiger partial charge in [0.25, 0.3) is 0 Å². The number of hydrogen-bond acceptors (Lipinski definition) is 2. The topological polar surface area (TPSA) is 78.4 Å². The second-order valence-electron chi connectivity index (χ2n) is 4.06. The van der Waals surface area contributed by atoms with E-state index in [0.29, 0.717) is 15.2 Å². The van der Waals surface area contributed by atoms with Gasteiger partial charge in [-0.15, -0.1) is 0 Å². The average molecular weight is 370 g/mol. The fraction of sp³-hybridized carbons (Fsp3) is 0. The molecule has 3 N–H and O–H groups in total. The van der Waals surface area contributed by atoms with E-state index in [-0.39, 0.29) is 11.3 Å². The van der Waals surface area contributed by atoms with E-state index in [4.69, 9.17) is 16.7 Å². The SMILES string of the molecule is O=C(Nc1cccc(Cl)c1)Nc1c(Br)cccc1C(=O)O. The van der Waals surface area contributed by atoms with Gasteiger partial charge in [-0.2, -0.15) is 0 Å². The number of halogens is 2. The Morgan fingerprint density at radius 2 is 1.81 bits per heavy atom. The van der Waals surface area contributed by atoms with Crippen LogP contribution in [0, 0.1) is 0 Å². The number of hydrogen-bond donors (Lipinski definition) is 3. The van der Waals surface area contributed by atoms with Crippen molar-refractivity contribution in [3.63, 3.8) is 0 Å². The third-order valence-electron chi connectivity index (χ3n) is 2.57. The van der Waals surface area contributed by atoms with Crippen LogP contribution in [-0.4, -0.2) is 17.1 Å². The number of nitrogens with one attached hydrogen (secondary N) is 2. The maximum absolute atomic E-state index is 11.9. The molecule has 0 aliphatic carbocycles. The van der Waals surface area contributed by atoms with E-state index in [1.807, 2.05) is 0 Å². The molecular formula is C14H10BrClN2O3. The first-order chi connectivity index (χ1) is 9.97. The highest BCUT2D eigenvalue weighted by Gasteiger charge is 2.15. The molecule has 0 saturated heterocycles. The van der Waals surface area contributed by atoms with E-state index in [9.17, 15) is 9.59 Å². The van der Waals surface area contributed by atoms with Crippen molar-refractivity contribution in [2.45, 2.75) is 0 Å². The number of anilines is 2. The smallest absolute Gasteiger partial charge is 0.337 e. The van der Waals surface area contributed by atoms with Crippen molar-refractivity contribution >= 4 is 50.9 Å². The number of carbonyl (C=O) groups is 2. The van der Waals surface area contributed by atoms with Gasteiger partial charge in [-0.3, -0.25) is 0 Å². The standard InChI is InChI=1S/C14H10BrClN2O3/c15-11-6-2-5-10(13(19)20)12(11)18-14(21)17-9-4-1-3-8(16)7-9/h1-7H,(H,19,20)(H2,17,18,21). The van der Waals surface area contributed by atoms with E-state index >= 15 is 0 Å². The minimum absolute atomic E-state index is 0.00869. The summed E-state index contributed by atoms with van der Waals surface area (Å²) in [5.74, 6) is -1.13. The molecule has 0 atom stereocenters. The molecule has 0 bridgehead atoms. The van der Waals surface area contributed by atoms with Crippen LogP contribution >= 0.6 is 27.5 Å². The summed E-state index contributed by atoms with van der Waals surface area (Å²) in [6, 6.07) is 10.7. The zero-order valence-corrected chi connectivity index (χ0v) is 12.9. The number of rotatable bonds is 3. The molecule has 0 aliphatic heterocycles. The van der Waals surface area contributed by atoms with E-state index in [1.54, 1.807) is 36.4 Å². The van der Waals surface area contributed by atoms with Gasteiger partial charge < -0.3 is 15.7 Å². The maximum atomic E-state index is 11.9. The summed E-state index contributed by atoms with van der Waals surface area (Å²) in [5, 5.41) is 14.7. The van der Waals surface area contributed by atoms with Crippen molar-refractivity contribution in [1.29, 1.82) is 0 Å². The highest BCUT2D eigenvalue weighted by molar-refractivity contribution is 9.10. The van der Waals surface area contributed by atoms with Gasteiger partial charge in [0.2, 0.25) is 0 Å². The fourth-order valence-corrected chi connectivity index (χ4v) is 2.33. The predicted octanol–water partition coefficient (Wildman–Crippen LogP) is 4.44. The zero-order valence-electron chi connectivity index (χ0n) is 10.6. The van der Waals surface area contributed by atoms with Crippen molar-refractivity contribution in [1.82, 2.24) is 0 Å². The molecule has 2 aromatic carbocycles. The summed E-state index contributed by atoms with van der Waals surface area (Å²) in [7, 11) is 0. The minimum atomic E-state index is -1.13. The van der Waals surface area contributed by atoms with E-state index in [2.05, 4.69) is 26.6 Å². The van der Waals surface area contributed by atoms with Crippen LogP contribution < -0.4 is 10.6 Å². The summed E-state index contributed by atoms with van der Waals surface area (Å²) >= 11 is 9.04. The number of carboxylic acids is 1. The monoisotopic (exact) mass is 368 g/mol. The summed E-state index contributed by atoms with van der Waals surface area (Å²) in [6.45, 7) is 0. The van der Waals surface area contributed by atoms with Crippen molar-refractivity contribution < 1.29 is 14.7 Å². The van der Waals surface area contributed by atoms with Crippen LogP contribution in [0.4, 0.5) is 16.2 Å². The Bertz CT molecular complexity index is 706. The molecule has 2 aromatic rings. The van der Waals surface area contributed by atoms with Gasteiger partial charge in [0, 0.05) is 15.2 Å². The molecule has 5 nitrogen and oxygen atoms in total. The maximum Gasteiger partial charge on any atom is 0.337 e. The van der Waals surface area contributed by atoms with Gasteiger partial charge in [-0.1, -0.05) is 23.7 Å². The van der Waals surface area contributed by atoms with Crippen molar-refractivity contribution in [2.24, 2.45) is 0 Å². The number of amides is 2. The van der Waals surface area contributed by atoms with Gasteiger partial charge in [0.1, 0.15) is 0 Å². The molecular weight excluding hydrogens is 360 g/mol. The third kappa shape index (κ3) is 3.96. The van der Waals surface area contributed by atoms with Crippen molar-refractivity contribution in [3.05, 3.63) is 57.5 Å². The van der Waals surface area contributed by atoms with Crippen LogP contribution in [0.5, 0.6) is 0 Å². The van der Waals surface area contributed by atoms with Crippen molar-refractivity contribution in [2.75, 3.05) is 10.6 Å². The molecule has 0 heterocycles. The predicted molar refractivity (Wildman–Crippen MR) is 85.2 cm³/mol. The summed E-state index contributed by atoms with van der Waals surface area (Å²) in [5.41, 5.74) is 0.680. The van der Waals surface area contributed by atoms with Crippen molar-refractivity contribution in [3.8, 4) is 0 Å². The lowest BCUT2D eigenvalue weighted by molar-refractivity contribution is 0.0698. The fourth-order valence-electron chi connectivity index (χ4n) is 1.67. The second-order valence-corrected chi connectivity index (χ2v) is 5.35. The Labute approximate surface area is 134 Å². The molecule has 2 amide bonds. The molecule has 0 radical (unpaired) electrons. The first-order valence-electron chi connectivity index (χ1n) is 5.83. The molecule has 0 saturated carbocycles. The van der Waals surface area contributed by atoms with Crippen LogP contribution in [0.3, 0.4) is 0 Å². The summed E-state index contributed by atoms with van der Waals surface area (Å²) in [4.78, 5) is 23.1. The quantitative estimate of drug-likeness (QED) is 0.748. The molecule has 0 unspecified atom stereocenters. The van der Waals surface area contributed by atoms with Crippen LogP contribution in [0.25, 0.3) is 0 Å². The lowest BCUT2D eigenvalue weighted by Gasteiger charge is -2.11. The van der Waals surface area contributed by atoms with Gasteiger partial charge in [-0.05, 0) is 46.3 Å². The highest BCUT2D eigenvalue weighted by atomic mass is 79.9. The first-order valence-corrected chi connectivity index (χ1v) is 7.00. The van der Waals surface area contributed by atoms with Crippen LogP contribution in [-0.2, 0) is 0 Å². The minimum Gasteiger partial charge on any atom is -0.478 e. The molecule has 0 aromatic heterocycles. The molecule has 0 spiro atoms. The first kappa shape index (κ1) is 15.3. The van der Waals surface area contributed by atoms with Crippen LogP contribution in [0.15, 0.2) is 46.9 Å². The Morgan fingerprint density at radius 3 is 2.48 bits per heavy atom. The number of para-hydroxylation sites is 1. The second kappa shape index (κ2) is 6.60. The molecule has 0 fully saturated rings. The largest absolute Gasteiger partial charge is 0.478 e. The highest BCUT2D eigenvalue weighted by Crippen LogP contribution is 2.26. The normalized spacial score (nSPS) is 10.0. The molecule has 7 heteroatoms. The number of benzene rings is 2. The van der Waals surface area contributed by atoms with Crippen LogP contribution in [0.2, 0.25) is 5.02 Å². The third-order valence-corrected chi connectivity index (χ3v) is 3.46. The summed E-state index contributed by atoms with van der Waals surface area (Å²) < 4.78 is 0.476. The Balaban J connectivity index is 2.18. The van der Waals surface area contributed by atoms with E-state index in [1.165, 1.54) is 6.07 Å². The van der Waals surface area contributed by atoms with Gasteiger partial charge >= 0.3 is 12.0 Å². The Morgan fingerprint density at radius 1 is 1.10 bits per heavy atom. The average Bonchev–Trinajstić information content (AvgIpc) is 2.40. The molecule has 0 aliphatic rings. The number of carboxylic acid groups (broad SMARTS) is 1. The lowest BCUT2D eigenvalue weighted by atomic mass is 10.2. The van der Waals surface area contributed by atoms with Gasteiger partial charge in [-0.25, -0.2) is 9.59 Å². The van der Waals surface area contributed by atoms with E-state index in [0.717, 1.165) is 0 Å². The molecule has 2 rings (SSSR count). The van der Waals surface area contributed by atoms with Crippen LogP contribution in [0.1, 0.15) is 10.4 Å². The Hall–Kier alpha value is -2.05. The molecule has 108 valence electrons. The lowest BCUT2D eigenvalue weighted by Crippen LogP contribution is -2.21. The molecule has 21 heavy (non-hydrogen) atoms. The van der Waals surface area contributed by atoms with Gasteiger partial charge in [0.05, 0.1) is 11.3 Å². The van der Waals surface area contributed by atoms with Gasteiger partial charge in [0.15, 0.2) is 0 Å². The number of urea groups is 1. The Kier molecular flexibility index (Phi) is 4.82. The number of carbonyl (C=O) groups excluding carboxylic acids is 1. The number of aromatic carboxylic acids is 1. The van der Waals surface area contributed by atoms with E-state index < -0.39 is 12.0 Å². The summed E-state index contributed by atoms with van der Waals surface area (Å²) in [6.07, 6.45) is 0. The zero-order chi connectivity index (χ0) is 15.4.